The summed E-state index contributed by atoms with van der Waals surface area (Å²) < 4.78 is 23.2. The maximum absolute atomic E-state index is 11.8. The normalized spacial score (nSPS) is 12.8. The average Bonchev–Trinajstić information content (AvgIpc) is 2.39. The van der Waals surface area contributed by atoms with Crippen LogP contribution in [-0.4, -0.2) is 18.6 Å². The van der Waals surface area contributed by atoms with Crippen molar-refractivity contribution in [3.8, 4) is 0 Å². The van der Waals surface area contributed by atoms with Crippen LogP contribution >= 0.6 is 80.1 Å². The molecule has 3 nitrogen and oxygen atoms in total. The van der Waals surface area contributed by atoms with E-state index in [9.17, 15) is 8.42 Å². The molecule has 11 heteroatoms. The first kappa shape index (κ1) is 16.3. The smallest absolute Gasteiger partial charge is 0.262 e. The molecule has 0 aromatic carbocycles. The van der Waals surface area contributed by atoms with Gasteiger partial charge in [-0.05, 0) is 6.07 Å². The van der Waals surface area contributed by atoms with Gasteiger partial charge in [0, 0.05) is 17.8 Å². The van der Waals surface area contributed by atoms with Crippen molar-refractivity contribution in [2.24, 2.45) is 0 Å². The Hall–Kier alpha value is 1.25. The molecule has 0 atom stereocenters. The van der Waals surface area contributed by atoms with Crippen LogP contribution in [0.5, 0.6) is 0 Å². The predicted octanol–water partition coefficient (Wildman–Crippen LogP) is 4.80. The van der Waals surface area contributed by atoms with Crippen LogP contribution in [0.15, 0.2) is 6.07 Å². The van der Waals surface area contributed by atoms with E-state index in [4.69, 9.17) is 58.0 Å². The molecule has 0 spiro atoms. The van der Waals surface area contributed by atoms with Gasteiger partial charge in [0.25, 0.3) is 12.2 Å². The predicted molar refractivity (Wildman–Crippen MR) is 79.5 cm³/mol. The topological polar surface area (TPSA) is 37.4 Å². The molecular weight excluding hydrogens is 392 g/mol. The molecule has 0 aliphatic carbocycles. The number of hydrogen-bond donors (Lipinski definition) is 0. The molecule has 0 bridgehead atoms. The van der Waals surface area contributed by atoms with E-state index < -0.39 is 12.2 Å². The van der Waals surface area contributed by atoms with E-state index in [1.165, 1.54) is 13.1 Å². The molecule has 0 N–H and O–H groups in total. The molecule has 0 fully saturated rings. The Bertz CT molecular complexity index is 508. The summed E-state index contributed by atoms with van der Waals surface area (Å²) in [6, 6.07) is 1.42. The van der Waals surface area contributed by atoms with Gasteiger partial charge in [-0.25, -0.2) is 0 Å². The van der Waals surface area contributed by atoms with Gasteiger partial charge in [0.1, 0.15) is 4.34 Å². The summed E-state index contributed by atoms with van der Waals surface area (Å²) in [4.78, 5) is 0. The molecule has 1 rings (SSSR count). The summed E-state index contributed by atoms with van der Waals surface area (Å²) in [5.74, 6) is 0. The van der Waals surface area contributed by atoms with Gasteiger partial charge in [0.15, 0.2) is 0 Å². The van der Waals surface area contributed by atoms with Crippen molar-refractivity contribution in [1.29, 1.82) is 0 Å². The van der Waals surface area contributed by atoms with E-state index in [0.29, 0.717) is 4.34 Å². The Labute approximate surface area is 131 Å². The van der Waals surface area contributed by atoms with Crippen LogP contribution in [0.2, 0.25) is 8.67 Å². The van der Waals surface area contributed by atoms with Crippen LogP contribution in [-0.2, 0) is 9.06 Å². The zero-order chi connectivity index (χ0) is 13.4. The highest BCUT2D eigenvalue weighted by molar-refractivity contribution is 8.74. The fraction of sp³-hybridized carbons (Fsp3) is 0.333. The number of hydrogen-bond acceptors (Lipinski definition) is 4. The van der Waals surface area contributed by atoms with Crippen molar-refractivity contribution in [2.75, 3.05) is 11.4 Å². The molecule has 98 valence electrons. The number of alkyl halides is 3. The zero-order valence-corrected chi connectivity index (χ0v) is 14.2. The highest BCUT2D eigenvalue weighted by atomic mass is 35.6. The fourth-order valence-corrected chi connectivity index (χ4v) is 6.65. The van der Waals surface area contributed by atoms with Crippen molar-refractivity contribution in [3.05, 3.63) is 14.7 Å². The van der Waals surface area contributed by atoms with Crippen molar-refractivity contribution in [3.63, 3.8) is 0 Å². The van der Waals surface area contributed by atoms with E-state index >= 15 is 0 Å². The van der Waals surface area contributed by atoms with Crippen LogP contribution in [0.4, 0.5) is 5.69 Å². The lowest BCUT2D eigenvalue weighted by molar-refractivity contribution is 0.609. The van der Waals surface area contributed by atoms with Crippen LogP contribution in [0.1, 0.15) is 0 Å². The lowest BCUT2D eigenvalue weighted by Gasteiger charge is -2.20. The summed E-state index contributed by atoms with van der Waals surface area (Å²) >= 11 is 28.9. The molecule has 0 aliphatic rings. The monoisotopic (exact) mass is 393 g/mol. The molecule has 0 saturated heterocycles. The Kier molecular flexibility index (Phi) is 5.47. The van der Waals surface area contributed by atoms with E-state index in [0.717, 1.165) is 15.6 Å². The summed E-state index contributed by atoms with van der Waals surface area (Å²) in [6.45, 7) is 0. The van der Waals surface area contributed by atoms with Crippen LogP contribution in [0, 0.1) is 0 Å². The number of thiophene rings is 1. The minimum absolute atomic E-state index is 0.177. The summed E-state index contributed by atoms with van der Waals surface area (Å²) in [5, 5.41) is 0. The van der Waals surface area contributed by atoms with E-state index in [-0.39, 0.29) is 20.8 Å². The first-order valence-corrected chi connectivity index (χ1v) is 9.22. The second-order valence-corrected chi connectivity index (χ2v) is 11.8. The van der Waals surface area contributed by atoms with Gasteiger partial charge in [-0.2, -0.15) is 8.42 Å². The molecule has 0 radical (unpaired) electrons. The van der Waals surface area contributed by atoms with Crippen molar-refractivity contribution in [2.45, 2.75) is 3.12 Å². The third kappa shape index (κ3) is 4.69. The van der Waals surface area contributed by atoms with Crippen LogP contribution in [0.25, 0.3) is 0 Å². The summed E-state index contributed by atoms with van der Waals surface area (Å²) in [6.07, 6.45) is 0. The Morgan fingerprint density at radius 3 is 2.24 bits per heavy atom. The van der Waals surface area contributed by atoms with Crippen LogP contribution in [0.3, 0.4) is 0 Å². The first-order valence-electron chi connectivity index (χ1n) is 3.74. The van der Waals surface area contributed by atoms with Gasteiger partial charge in [0.2, 0.25) is 0 Å². The number of rotatable bonds is 3. The molecule has 0 aliphatic heterocycles. The summed E-state index contributed by atoms with van der Waals surface area (Å²) in [7, 11) is -2.39. The largest absolute Gasteiger partial charge is 0.292 e. The lowest BCUT2D eigenvalue weighted by Crippen LogP contribution is -2.25. The molecule has 1 aromatic rings. The van der Waals surface area contributed by atoms with Gasteiger partial charge < -0.3 is 0 Å². The number of anilines is 1. The highest BCUT2D eigenvalue weighted by Gasteiger charge is 2.34. The third-order valence-corrected chi connectivity index (χ3v) is 7.82. The van der Waals surface area contributed by atoms with Gasteiger partial charge in [-0.15, -0.1) is 11.3 Å². The SMILES string of the molecule is CN(c1cc(Cl)sc1Cl)S(=O)(=O)SC(Cl)(Cl)Cl. The van der Waals surface area contributed by atoms with E-state index in [1.54, 1.807) is 0 Å². The maximum Gasteiger partial charge on any atom is 0.292 e. The first-order chi connectivity index (χ1) is 7.53. The van der Waals surface area contributed by atoms with Crippen LogP contribution < -0.4 is 4.31 Å². The Balaban J connectivity index is 3.05. The minimum atomic E-state index is -3.86. The number of nitrogens with zero attached hydrogens (tertiary/aromatic N) is 1. The zero-order valence-electron chi connectivity index (χ0n) is 7.96. The Morgan fingerprint density at radius 2 is 1.88 bits per heavy atom. The molecule has 17 heavy (non-hydrogen) atoms. The third-order valence-electron chi connectivity index (χ3n) is 1.51. The van der Waals surface area contributed by atoms with Gasteiger partial charge in [-0.3, -0.25) is 4.31 Å². The van der Waals surface area contributed by atoms with Gasteiger partial charge >= 0.3 is 0 Å². The van der Waals surface area contributed by atoms with E-state index in [2.05, 4.69) is 0 Å². The van der Waals surface area contributed by atoms with Crippen molar-refractivity contribution >= 4 is 94.9 Å². The fourth-order valence-electron chi connectivity index (χ4n) is 0.842. The second kappa shape index (κ2) is 5.71. The average molecular weight is 396 g/mol. The Morgan fingerprint density at radius 1 is 1.35 bits per heavy atom. The maximum atomic E-state index is 11.8. The van der Waals surface area contributed by atoms with Gasteiger partial charge in [-0.1, -0.05) is 58.0 Å². The van der Waals surface area contributed by atoms with Crippen molar-refractivity contribution in [1.82, 2.24) is 0 Å². The minimum Gasteiger partial charge on any atom is -0.262 e. The number of halogens is 5. The summed E-state index contributed by atoms with van der Waals surface area (Å²) in [5.41, 5.74) is 0.239. The quantitative estimate of drug-likeness (QED) is 0.545. The van der Waals surface area contributed by atoms with Gasteiger partial charge in [0.05, 0.1) is 10.0 Å². The molecule has 0 amide bonds. The van der Waals surface area contributed by atoms with Crippen molar-refractivity contribution < 1.29 is 8.42 Å². The molecule has 1 aromatic heterocycles. The lowest BCUT2D eigenvalue weighted by atomic mass is 10.5. The molecule has 0 unspecified atom stereocenters. The molecule has 1 heterocycles. The highest BCUT2D eigenvalue weighted by Crippen LogP contribution is 2.46. The standard InChI is InChI=1S/C6H4Cl5NO2S3/c1-12(3-2-4(7)15-5(3)8)17(13,14)16-6(9,10)11/h2H,1H3. The second-order valence-electron chi connectivity index (χ2n) is 2.66. The molecule has 0 saturated carbocycles. The van der Waals surface area contributed by atoms with E-state index in [1.807, 2.05) is 0 Å². The molecular formula is C6H4Cl5NO2S3.